The molecule has 0 radical (unpaired) electrons. The smallest absolute Gasteiger partial charge is 0.416 e. The summed E-state index contributed by atoms with van der Waals surface area (Å²) in [6.07, 6.45) is -4.54. The molecule has 0 aliphatic carbocycles. The van der Waals surface area contributed by atoms with Gasteiger partial charge in [-0.1, -0.05) is 28.9 Å². The number of halogens is 7. The molecule has 4 nitrogen and oxygen atoms in total. The van der Waals surface area contributed by atoms with Gasteiger partial charge in [0.2, 0.25) is 5.82 Å². The predicted octanol–water partition coefficient (Wildman–Crippen LogP) is 6.49. The monoisotopic (exact) mass is 424 g/mol. The van der Waals surface area contributed by atoms with E-state index in [9.17, 15) is 22.0 Å². The van der Waals surface area contributed by atoms with E-state index in [-0.39, 0.29) is 27.9 Å². The molecule has 1 heterocycles. The predicted molar refractivity (Wildman–Crippen MR) is 86.0 cm³/mol. The van der Waals surface area contributed by atoms with Gasteiger partial charge in [0, 0.05) is 5.56 Å². The van der Waals surface area contributed by atoms with Crippen LogP contribution in [0.5, 0.6) is 11.5 Å². The van der Waals surface area contributed by atoms with Crippen LogP contribution in [0, 0.1) is 0 Å². The average Bonchev–Trinajstić information content (AvgIpc) is 3.06. The topological polar surface area (TPSA) is 48.2 Å². The molecule has 0 unspecified atom stereocenters. The number of rotatable bonds is 4. The third-order valence-electron chi connectivity index (χ3n) is 3.25. The summed E-state index contributed by atoms with van der Waals surface area (Å²) >= 11 is 10.6. The fourth-order valence-electron chi connectivity index (χ4n) is 2.04. The first-order chi connectivity index (χ1) is 12.5. The molecule has 0 bridgehead atoms. The highest BCUT2D eigenvalue weighted by molar-refractivity contribution is 6.32. The maximum absolute atomic E-state index is 13.0. The maximum atomic E-state index is 13.0. The summed E-state index contributed by atoms with van der Waals surface area (Å²) in [7, 11) is 0. The van der Waals surface area contributed by atoms with Gasteiger partial charge in [-0.2, -0.15) is 26.9 Å². The lowest BCUT2D eigenvalue weighted by Crippen LogP contribution is -2.04. The summed E-state index contributed by atoms with van der Waals surface area (Å²) in [6, 6.07) is 8.45. The second kappa shape index (κ2) is 6.97. The van der Waals surface area contributed by atoms with Crippen molar-refractivity contribution in [2.45, 2.75) is 11.6 Å². The molecule has 0 spiro atoms. The summed E-state index contributed by atoms with van der Waals surface area (Å²) in [4.78, 5) is 3.49. The van der Waals surface area contributed by atoms with Crippen molar-refractivity contribution >= 4 is 23.2 Å². The van der Waals surface area contributed by atoms with E-state index in [1.165, 1.54) is 24.3 Å². The van der Waals surface area contributed by atoms with E-state index < -0.39 is 23.0 Å². The van der Waals surface area contributed by atoms with Gasteiger partial charge in [-0.15, -0.1) is 0 Å². The van der Waals surface area contributed by atoms with Gasteiger partial charge in [-0.25, -0.2) is 0 Å². The normalized spacial score (nSPS) is 12.3. The molecule has 0 aliphatic heterocycles. The zero-order valence-corrected chi connectivity index (χ0v) is 14.4. The Bertz CT molecular complexity index is 970. The molecule has 0 fully saturated rings. The molecule has 0 saturated heterocycles. The molecule has 11 heteroatoms. The van der Waals surface area contributed by atoms with Crippen LogP contribution in [0.4, 0.5) is 22.0 Å². The van der Waals surface area contributed by atoms with Crippen molar-refractivity contribution in [1.82, 2.24) is 10.1 Å². The van der Waals surface area contributed by atoms with E-state index in [1.54, 1.807) is 0 Å². The molecule has 3 aromatic rings. The highest BCUT2D eigenvalue weighted by Gasteiger charge is 2.35. The number of alkyl halides is 6. The molecule has 142 valence electrons. The molecule has 2 aromatic carbocycles. The zero-order chi connectivity index (χ0) is 19.8. The Morgan fingerprint density at radius 3 is 2.33 bits per heavy atom. The Balaban J connectivity index is 1.85. The molecule has 27 heavy (non-hydrogen) atoms. The summed E-state index contributed by atoms with van der Waals surface area (Å²) in [5, 5.41) is -0.663. The zero-order valence-electron chi connectivity index (χ0n) is 12.9. The second-order valence-electron chi connectivity index (χ2n) is 5.19. The van der Waals surface area contributed by atoms with E-state index in [0.717, 1.165) is 18.2 Å². The third kappa shape index (κ3) is 4.48. The van der Waals surface area contributed by atoms with Crippen molar-refractivity contribution in [2.24, 2.45) is 0 Å². The fraction of sp³-hybridized carbons (Fsp3) is 0.125. The van der Waals surface area contributed by atoms with Crippen LogP contribution in [0.15, 0.2) is 47.0 Å². The lowest BCUT2D eigenvalue weighted by atomic mass is 10.2. The summed E-state index contributed by atoms with van der Waals surface area (Å²) in [5.41, 5.74) is -0.665. The van der Waals surface area contributed by atoms with Gasteiger partial charge in [0.1, 0.15) is 11.5 Å². The van der Waals surface area contributed by atoms with Crippen molar-refractivity contribution in [3.63, 3.8) is 0 Å². The standard InChI is InChI=1S/C16H7Cl2F5N2O2/c17-11-7-9(16(21,22)23)4-5-12(11)26-10-3-1-2-8(6-10)13-24-14(27-25-13)15(18,19)20/h1-7H. The van der Waals surface area contributed by atoms with Crippen molar-refractivity contribution in [1.29, 1.82) is 0 Å². The Labute approximate surface area is 158 Å². The highest BCUT2D eigenvalue weighted by atomic mass is 35.5. The molecule has 0 amide bonds. The van der Waals surface area contributed by atoms with E-state index >= 15 is 0 Å². The lowest BCUT2D eigenvalue weighted by molar-refractivity contribution is -0.137. The van der Waals surface area contributed by atoms with Crippen LogP contribution in [0.25, 0.3) is 11.4 Å². The minimum absolute atomic E-state index is 0.0251. The van der Waals surface area contributed by atoms with Crippen molar-refractivity contribution < 1.29 is 31.2 Å². The molecular formula is C16H7Cl2F5N2O2. The molecular weight excluding hydrogens is 418 g/mol. The van der Waals surface area contributed by atoms with Gasteiger partial charge in [-0.05, 0) is 41.9 Å². The summed E-state index contributed by atoms with van der Waals surface area (Å²) in [6.45, 7) is 0. The minimum Gasteiger partial charge on any atom is -0.456 e. The van der Waals surface area contributed by atoms with Gasteiger partial charge < -0.3 is 9.26 Å². The number of ether oxygens (including phenoxy) is 1. The number of benzene rings is 2. The second-order valence-corrected chi connectivity index (χ2v) is 6.08. The van der Waals surface area contributed by atoms with Gasteiger partial charge in [0.05, 0.1) is 10.6 Å². The SMILES string of the molecule is FC(F)(F)c1ccc(Oc2cccc(-c3noc(C(F)(F)Cl)n3)c2)c(Cl)c1. The number of aromatic nitrogens is 2. The first-order valence-corrected chi connectivity index (χ1v) is 7.85. The Morgan fingerprint density at radius 1 is 1.00 bits per heavy atom. The fourth-order valence-corrected chi connectivity index (χ4v) is 2.34. The van der Waals surface area contributed by atoms with E-state index in [2.05, 4.69) is 14.7 Å². The van der Waals surface area contributed by atoms with Crippen LogP contribution in [-0.2, 0) is 11.6 Å². The molecule has 0 atom stereocenters. The number of hydrogen-bond acceptors (Lipinski definition) is 4. The van der Waals surface area contributed by atoms with E-state index in [4.69, 9.17) is 27.9 Å². The molecule has 0 N–H and O–H groups in total. The molecule has 0 aliphatic rings. The van der Waals surface area contributed by atoms with Crippen LogP contribution in [-0.4, -0.2) is 10.1 Å². The van der Waals surface area contributed by atoms with Crippen LogP contribution < -0.4 is 4.74 Å². The van der Waals surface area contributed by atoms with Crippen molar-refractivity contribution in [3.05, 3.63) is 58.9 Å². The Hall–Kier alpha value is -2.39. The first-order valence-electron chi connectivity index (χ1n) is 7.10. The third-order valence-corrected chi connectivity index (χ3v) is 3.70. The van der Waals surface area contributed by atoms with Crippen LogP contribution in [0.1, 0.15) is 11.5 Å². The largest absolute Gasteiger partial charge is 0.456 e. The van der Waals surface area contributed by atoms with Crippen molar-refractivity contribution in [3.8, 4) is 22.9 Å². The first kappa shape index (κ1) is 19.4. The van der Waals surface area contributed by atoms with Gasteiger partial charge in [0.15, 0.2) is 0 Å². The minimum atomic E-state index is -4.54. The molecule has 1 aromatic heterocycles. The van der Waals surface area contributed by atoms with Gasteiger partial charge in [0.25, 0.3) is 0 Å². The van der Waals surface area contributed by atoms with Crippen LogP contribution in [0.2, 0.25) is 5.02 Å². The highest BCUT2D eigenvalue weighted by Crippen LogP contribution is 2.37. The summed E-state index contributed by atoms with van der Waals surface area (Å²) in [5.74, 6) is -1.10. The average molecular weight is 425 g/mol. The van der Waals surface area contributed by atoms with Crippen LogP contribution in [0.3, 0.4) is 0 Å². The van der Waals surface area contributed by atoms with Gasteiger partial charge >= 0.3 is 17.4 Å². The van der Waals surface area contributed by atoms with E-state index in [1.807, 2.05) is 0 Å². The Kier molecular flexibility index (Phi) is 5.00. The summed E-state index contributed by atoms with van der Waals surface area (Å²) < 4.78 is 73.8. The van der Waals surface area contributed by atoms with E-state index in [0.29, 0.717) is 0 Å². The number of hydrogen-bond donors (Lipinski definition) is 0. The Morgan fingerprint density at radius 2 is 1.74 bits per heavy atom. The van der Waals surface area contributed by atoms with Crippen LogP contribution >= 0.6 is 23.2 Å². The molecule has 0 saturated carbocycles. The number of nitrogens with zero attached hydrogens (tertiary/aromatic N) is 2. The maximum Gasteiger partial charge on any atom is 0.416 e. The molecule has 3 rings (SSSR count). The van der Waals surface area contributed by atoms with Crippen molar-refractivity contribution in [2.75, 3.05) is 0 Å². The van der Waals surface area contributed by atoms with Gasteiger partial charge in [-0.3, -0.25) is 0 Å². The quantitative estimate of drug-likeness (QED) is 0.354. The lowest BCUT2D eigenvalue weighted by Gasteiger charge is -2.11.